The first-order valence-corrected chi connectivity index (χ1v) is 6.06. The highest BCUT2D eigenvalue weighted by Gasteiger charge is 2.19. The van der Waals surface area contributed by atoms with Gasteiger partial charge >= 0.3 is 5.97 Å². The Balaban J connectivity index is 2.04. The lowest BCUT2D eigenvalue weighted by Gasteiger charge is -2.01. The molecule has 0 radical (unpaired) electrons. The molecule has 0 fully saturated rings. The normalized spacial score (nSPS) is 10.3. The molecule has 0 unspecified atom stereocenters. The van der Waals surface area contributed by atoms with Crippen LogP contribution in [0.4, 0.5) is 0 Å². The van der Waals surface area contributed by atoms with Gasteiger partial charge in [-0.25, -0.2) is 9.78 Å². The van der Waals surface area contributed by atoms with Gasteiger partial charge < -0.3 is 15.4 Å². The number of amides is 1. The number of rotatable bonds is 4. The van der Waals surface area contributed by atoms with E-state index < -0.39 is 11.9 Å². The van der Waals surface area contributed by atoms with Crippen molar-refractivity contribution in [2.75, 3.05) is 0 Å². The van der Waals surface area contributed by atoms with Gasteiger partial charge in [0.15, 0.2) is 11.4 Å². The highest BCUT2D eigenvalue weighted by Crippen LogP contribution is 2.21. The molecule has 0 saturated carbocycles. The number of nitrogens with one attached hydrogen (secondary N) is 2. The maximum Gasteiger partial charge on any atom is 0.354 e. The van der Waals surface area contributed by atoms with E-state index in [0.29, 0.717) is 4.34 Å². The van der Waals surface area contributed by atoms with Crippen molar-refractivity contribution in [3.63, 3.8) is 0 Å². The minimum absolute atomic E-state index is 0.134. The number of hydrogen-bond acceptors (Lipinski definition) is 4. The zero-order chi connectivity index (χ0) is 13.1. The molecule has 3 N–H and O–H groups in total. The number of H-pyrrole nitrogens is 1. The number of carbonyl (C=O) groups is 2. The number of aromatic amines is 1. The van der Waals surface area contributed by atoms with Gasteiger partial charge in [0.1, 0.15) is 0 Å². The minimum atomic E-state index is -1.23. The first kappa shape index (κ1) is 12.6. The second kappa shape index (κ2) is 5.19. The molecule has 0 saturated heterocycles. The van der Waals surface area contributed by atoms with Crippen LogP contribution in [0.1, 0.15) is 25.9 Å². The van der Waals surface area contributed by atoms with Crippen LogP contribution in [0.5, 0.6) is 0 Å². The van der Waals surface area contributed by atoms with Crippen LogP contribution in [-0.2, 0) is 6.54 Å². The first-order chi connectivity index (χ1) is 8.58. The van der Waals surface area contributed by atoms with Crippen LogP contribution in [0.2, 0.25) is 4.34 Å². The summed E-state index contributed by atoms with van der Waals surface area (Å²) in [5.74, 6) is -1.77. The summed E-state index contributed by atoms with van der Waals surface area (Å²) in [4.78, 5) is 29.5. The molecule has 8 heteroatoms. The number of halogens is 1. The summed E-state index contributed by atoms with van der Waals surface area (Å²) in [7, 11) is 0. The van der Waals surface area contributed by atoms with Gasteiger partial charge in [0, 0.05) is 4.88 Å². The summed E-state index contributed by atoms with van der Waals surface area (Å²) in [5, 5.41) is 11.4. The summed E-state index contributed by atoms with van der Waals surface area (Å²) in [6.07, 6.45) is 1.17. The summed E-state index contributed by atoms with van der Waals surface area (Å²) < 4.78 is 0.630. The zero-order valence-corrected chi connectivity index (χ0v) is 10.5. The third-order valence-electron chi connectivity index (χ3n) is 2.12. The minimum Gasteiger partial charge on any atom is -0.477 e. The lowest BCUT2D eigenvalue weighted by atomic mass is 10.3. The Morgan fingerprint density at radius 3 is 2.89 bits per heavy atom. The Labute approximate surface area is 111 Å². The second-order valence-corrected chi connectivity index (χ2v) is 5.12. The lowest BCUT2D eigenvalue weighted by molar-refractivity contribution is 0.0685. The van der Waals surface area contributed by atoms with Gasteiger partial charge in [-0.3, -0.25) is 4.79 Å². The number of carboxylic acid groups (broad SMARTS) is 1. The molecular weight excluding hydrogens is 278 g/mol. The Hall–Kier alpha value is -1.86. The summed E-state index contributed by atoms with van der Waals surface area (Å²) in [6.45, 7) is 0.280. The van der Waals surface area contributed by atoms with Crippen LogP contribution >= 0.6 is 22.9 Å². The average molecular weight is 286 g/mol. The number of imidazole rings is 1. The molecular formula is C10H8ClN3O3S. The molecule has 94 valence electrons. The molecule has 2 aromatic heterocycles. The van der Waals surface area contributed by atoms with Gasteiger partial charge in [0.2, 0.25) is 0 Å². The molecule has 2 rings (SSSR count). The molecule has 0 atom stereocenters. The van der Waals surface area contributed by atoms with E-state index in [-0.39, 0.29) is 17.9 Å². The zero-order valence-electron chi connectivity index (χ0n) is 8.94. The maximum absolute atomic E-state index is 11.7. The number of aromatic carboxylic acids is 1. The monoisotopic (exact) mass is 285 g/mol. The van der Waals surface area contributed by atoms with Crippen molar-refractivity contribution in [2.45, 2.75) is 6.54 Å². The van der Waals surface area contributed by atoms with Gasteiger partial charge in [0.25, 0.3) is 5.91 Å². The van der Waals surface area contributed by atoms with E-state index in [9.17, 15) is 9.59 Å². The number of thiophene rings is 1. The number of aromatic nitrogens is 2. The Bertz CT molecular complexity index is 593. The highest BCUT2D eigenvalue weighted by molar-refractivity contribution is 7.16. The summed E-state index contributed by atoms with van der Waals surface area (Å²) in [6, 6.07) is 3.51. The molecule has 0 bridgehead atoms. The maximum atomic E-state index is 11.7. The third-order valence-corrected chi connectivity index (χ3v) is 3.35. The Kier molecular flexibility index (Phi) is 3.63. The quantitative estimate of drug-likeness (QED) is 0.797. The fraction of sp³-hybridized carbons (Fsp3) is 0.100. The van der Waals surface area contributed by atoms with Crippen LogP contribution in [0.25, 0.3) is 0 Å². The van der Waals surface area contributed by atoms with Gasteiger partial charge in [-0.05, 0) is 12.1 Å². The molecule has 6 nitrogen and oxygen atoms in total. The fourth-order valence-electron chi connectivity index (χ4n) is 1.33. The predicted molar refractivity (Wildman–Crippen MR) is 66.0 cm³/mol. The van der Waals surface area contributed by atoms with E-state index >= 15 is 0 Å². The fourth-order valence-corrected chi connectivity index (χ4v) is 2.35. The lowest BCUT2D eigenvalue weighted by Crippen LogP contribution is -2.24. The van der Waals surface area contributed by atoms with Gasteiger partial charge in [-0.1, -0.05) is 11.6 Å². The van der Waals surface area contributed by atoms with E-state index in [2.05, 4.69) is 15.3 Å². The molecule has 2 heterocycles. The van der Waals surface area contributed by atoms with Gasteiger partial charge in [-0.2, -0.15) is 0 Å². The summed E-state index contributed by atoms with van der Waals surface area (Å²) >= 11 is 7.10. The van der Waals surface area contributed by atoms with Crippen LogP contribution in [-0.4, -0.2) is 27.0 Å². The van der Waals surface area contributed by atoms with E-state index in [0.717, 1.165) is 4.88 Å². The first-order valence-electron chi connectivity index (χ1n) is 4.87. The number of carbonyl (C=O) groups excluding carboxylic acids is 1. The van der Waals surface area contributed by atoms with Crippen molar-refractivity contribution in [2.24, 2.45) is 0 Å². The Morgan fingerprint density at radius 1 is 1.50 bits per heavy atom. The van der Waals surface area contributed by atoms with E-state index in [1.165, 1.54) is 17.7 Å². The van der Waals surface area contributed by atoms with Crippen molar-refractivity contribution < 1.29 is 14.7 Å². The molecule has 1 amide bonds. The van der Waals surface area contributed by atoms with Crippen molar-refractivity contribution in [3.05, 3.63) is 39.1 Å². The van der Waals surface area contributed by atoms with E-state index in [1.54, 1.807) is 12.1 Å². The molecule has 0 aliphatic heterocycles. The van der Waals surface area contributed by atoms with Crippen molar-refractivity contribution in [1.29, 1.82) is 0 Å². The average Bonchev–Trinajstić information content (AvgIpc) is 2.94. The molecule has 0 aliphatic carbocycles. The van der Waals surface area contributed by atoms with Gasteiger partial charge in [0.05, 0.1) is 17.2 Å². The van der Waals surface area contributed by atoms with Crippen molar-refractivity contribution in [3.8, 4) is 0 Å². The number of carboxylic acids is 1. The number of nitrogens with zero attached hydrogens (tertiary/aromatic N) is 1. The molecule has 2 aromatic rings. The highest BCUT2D eigenvalue weighted by atomic mass is 35.5. The van der Waals surface area contributed by atoms with Crippen LogP contribution in [0, 0.1) is 0 Å². The predicted octanol–water partition coefficient (Wildman–Crippen LogP) is 1.75. The topological polar surface area (TPSA) is 95.1 Å². The third kappa shape index (κ3) is 2.69. The smallest absolute Gasteiger partial charge is 0.354 e. The van der Waals surface area contributed by atoms with Gasteiger partial charge in [-0.15, -0.1) is 11.3 Å². The molecule has 0 aromatic carbocycles. The largest absolute Gasteiger partial charge is 0.477 e. The summed E-state index contributed by atoms with van der Waals surface area (Å²) in [5.41, 5.74) is -0.359. The van der Waals surface area contributed by atoms with Crippen molar-refractivity contribution in [1.82, 2.24) is 15.3 Å². The second-order valence-electron chi connectivity index (χ2n) is 3.32. The molecule has 18 heavy (non-hydrogen) atoms. The SMILES string of the molecule is O=C(NCc1ccc(Cl)s1)c1nc[nH]c1C(=O)O. The molecule has 0 aliphatic rings. The van der Waals surface area contributed by atoms with Crippen LogP contribution in [0.15, 0.2) is 18.5 Å². The van der Waals surface area contributed by atoms with Crippen LogP contribution < -0.4 is 5.32 Å². The molecule has 0 spiro atoms. The Morgan fingerprint density at radius 2 is 2.28 bits per heavy atom. The van der Waals surface area contributed by atoms with Crippen molar-refractivity contribution >= 4 is 34.8 Å². The van der Waals surface area contributed by atoms with E-state index in [1.807, 2.05) is 0 Å². The standard InChI is InChI=1S/C10H8ClN3O3S/c11-6-2-1-5(18-6)3-12-9(15)7-8(10(16)17)14-4-13-7/h1-2,4H,3H2,(H,12,15)(H,13,14)(H,16,17). The van der Waals surface area contributed by atoms with E-state index in [4.69, 9.17) is 16.7 Å². The number of hydrogen-bond donors (Lipinski definition) is 3. The van der Waals surface area contributed by atoms with Crippen LogP contribution in [0.3, 0.4) is 0 Å².